The maximum Gasteiger partial charge on any atom is 0.191 e. The third-order valence-corrected chi connectivity index (χ3v) is 6.20. The molecule has 0 saturated carbocycles. The topological polar surface area (TPSA) is 53.5 Å². The van der Waals surface area contributed by atoms with Crippen LogP contribution in [0.25, 0.3) is 0 Å². The van der Waals surface area contributed by atoms with Crippen molar-refractivity contribution in [3.05, 3.63) is 21.9 Å². The Morgan fingerprint density at radius 1 is 1.39 bits per heavy atom. The second kappa shape index (κ2) is 9.42. The Morgan fingerprint density at radius 3 is 2.61 bits per heavy atom. The number of rotatable bonds is 7. The van der Waals surface area contributed by atoms with Crippen molar-refractivity contribution in [2.45, 2.75) is 58.8 Å². The highest BCUT2D eigenvalue weighted by molar-refractivity contribution is 7.86. The number of aliphatic imine (C=N–C) groups is 1. The highest BCUT2D eigenvalue weighted by atomic mass is 32.2. The third-order valence-electron chi connectivity index (χ3n) is 3.26. The molecule has 2 atom stereocenters. The summed E-state index contributed by atoms with van der Waals surface area (Å²) >= 11 is 1.84. The molecule has 23 heavy (non-hydrogen) atoms. The zero-order valence-corrected chi connectivity index (χ0v) is 16.9. The Bertz CT molecular complexity index is 532. The summed E-state index contributed by atoms with van der Waals surface area (Å²) < 4.78 is 11.9. The van der Waals surface area contributed by atoms with Crippen molar-refractivity contribution >= 4 is 28.1 Å². The number of hydrogen-bond acceptors (Lipinski definition) is 3. The first kappa shape index (κ1) is 20.2. The molecule has 0 bridgehead atoms. The molecule has 0 aromatic carbocycles. The van der Waals surface area contributed by atoms with Gasteiger partial charge in [0.15, 0.2) is 5.96 Å². The molecule has 0 spiro atoms. The van der Waals surface area contributed by atoms with Crippen molar-refractivity contribution in [2.24, 2.45) is 4.99 Å². The van der Waals surface area contributed by atoms with Crippen LogP contribution in [0.4, 0.5) is 0 Å². The van der Waals surface area contributed by atoms with Gasteiger partial charge in [-0.05, 0) is 53.7 Å². The van der Waals surface area contributed by atoms with Gasteiger partial charge in [-0.15, -0.1) is 11.3 Å². The van der Waals surface area contributed by atoms with Crippen molar-refractivity contribution in [1.29, 1.82) is 0 Å². The molecule has 1 rings (SSSR count). The van der Waals surface area contributed by atoms with E-state index in [4.69, 9.17) is 0 Å². The minimum atomic E-state index is -0.860. The second-order valence-electron chi connectivity index (χ2n) is 6.68. The Labute approximate surface area is 147 Å². The minimum Gasteiger partial charge on any atom is -0.357 e. The van der Waals surface area contributed by atoms with Gasteiger partial charge in [0.1, 0.15) is 0 Å². The van der Waals surface area contributed by atoms with Gasteiger partial charge >= 0.3 is 0 Å². The van der Waals surface area contributed by atoms with Crippen LogP contribution in [0.3, 0.4) is 0 Å². The van der Waals surface area contributed by atoms with E-state index in [0.717, 1.165) is 18.9 Å². The number of nitrogens with one attached hydrogen (secondary N) is 2. The molecule has 0 aliphatic heterocycles. The van der Waals surface area contributed by atoms with Crippen LogP contribution in [0.5, 0.6) is 0 Å². The fraction of sp³-hybridized carbons (Fsp3) is 0.706. The molecule has 2 unspecified atom stereocenters. The first-order valence-electron chi connectivity index (χ1n) is 8.21. The molecule has 0 saturated heterocycles. The number of hydrogen-bond donors (Lipinski definition) is 2. The van der Waals surface area contributed by atoms with Crippen molar-refractivity contribution in [3.63, 3.8) is 0 Å². The van der Waals surface area contributed by atoms with E-state index in [2.05, 4.69) is 48.5 Å². The normalized spacial score (nSPS) is 15.3. The van der Waals surface area contributed by atoms with E-state index in [1.807, 2.05) is 32.1 Å². The van der Waals surface area contributed by atoms with Crippen LogP contribution in [0.15, 0.2) is 17.1 Å². The van der Waals surface area contributed by atoms with Gasteiger partial charge in [-0.25, -0.2) is 0 Å². The molecule has 0 fully saturated rings. The lowest BCUT2D eigenvalue weighted by atomic mass is 10.2. The van der Waals surface area contributed by atoms with Gasteiger partial charge in [0.05, 0.1) is 6.54 Å². The fourth-order valence-electron chi connectivity index (χ4n) is 2.05. The third kappa shape index (κ3) is 7.97. The van der Waals surface area contributed by atoms with Gasteiger partial charge < -0.3 is 10.6 Å². The molecular formula is C17H31N3OS2. The smallest absolute Gasteiger partial charge is 0.191 e. The predicted octanol–water partition coefficient (Wildman–Crippen LogP) is 3.09. The Hall–Kier alpha value is -0.880. The molecule has 1 aromatic rings. The maximum atomic E-state index is 12.1. The van der Waals surface area contributed by atoms with E-state index in [0.29, 0.717) is 18.3 Å². The van der Waals surface area contributed by atoms with Gasteiger partial charge in [-0.1, -0.05) is 0 Å². The fourth-order valence-corrected chi connectivity index (χ4v) is 3.94. The van der Waals surface area contributed by atoms with Crippen molar-refractivity contribution in [2.75, 3.05) is 18.8 Å². The van der Waals surface area contributed by atoms with E-state index < -0.39 is 10.8 Å². The molecule has 2 N–H and O–H groups in total. The van der Waals surface area contributed by atoms with Crippen LogP contribution in [0.2, 0.25) is 0 Å². The van der Waals surface area contributed by atoms with Gasteiger partial charge in [0, 0.05) is 50.1 Å². The number of thiophene rings is 1. The number of nitrogens with zero attached hydrogens (tertiary/aromatic N) is 1. The second-order valence-corrected chi connectivity index (χ2v) is 10.4. The van der Waals surface area contributed by atoms with Gasteiger partial charge in [0.2, 0.25) is 0 Å². The van der Waals surface area contributed by atoms with Gasteiger partial charge in [-0.2, -0.15) is 0 Å². The summed E-state index contributed by atoms with van der Waals surface area (Å²) in [7, 11) is -0.860. The summed E-state index contributed by atoms with van der Waals surface area (Å²) in [5.41, 5.74) is 0. The molecule has 1 heterocycles. The van der Waals surface area contributed by atoms with Gasteiger partial charge in [0.25, 0.3) is 0 Å². The SMILES string of the molecule is CCNC(=NCCS(=O)C(C)(C)C)NC(C)Cc1ccc(C)s1. The van der Waals surface area contributed by atoms with Crippen LogP contribution in [0.1, 0.15) is 44.4 Å². The van der Waals surface area contributed by atoms with Gasteiger partial charge in [-0.3, -0.25) is 9.20 Å². The van der Waals surface area contributed by atoms with E-state index in [1.54, 1.807) is 0 Å². The van der Waals surface area contributed by atoms with Crippen LogP contribution < -0.4 is 10.6 Å². The largest absolute Gasteiger partial charge is 0.357 e. The lowest BCUT2D eigenvalue weighted by Gasteiger charge is -2.19. The monoisotopic (exact) mass is 357 g/mol. The van der Waals surface area contributed by atoms with E-state index in [-0.39, 0.29) is 4.75 Å². The summed E-state index contributed by atoms with van der Waals surface area (Å²) in [5, 5.41) is 6.70. The lowest BCUT2D eigenvalue weighted by Crippen LogP contribution is -2.43. The Balaban J connectivity index is 2.52. The zero-order valence-electron chi connectivity index (χ0n) is 15.2. The van der Waals surface area contributed by atoms with E-state index in [9.17, 15) is 4.21 Å². The van der Waals surface area contributed by atoms with Crippen molar-refractivity contribution in [3.8, 4) is 0 Å². The number of aryl methyl sites for hydroxylation is 1. The highest BCUT2D eigenvalue weighted by Crippen LogP contribution is 2.16. The highest BCUT2D eigenvalue weighted by Gasteiger charge is 2.18. The molecule has 0 radical (unpaired) electrons. The van der Waals surface area contributed by atoms with Crippen LogP contribution in [-0.2, 0) is 17.2 Å². The first-order chi connectivity index (χ1) is 10.7. The first-order valence-corrected chi connectivity index (χ1v) is 10.3. The minimum absolute atomic E-state index is 0.175. The Kier molecular flexibility index (Phi) is 8.26. The summed E-state index contributed by atoms with van der Waals surface area (Å²) in [4.78, 5) is 7.29. The maximum absolute atomic E-state index is 12.1. The number of guanidine groups is 1. The standard InChI is InChI=1S/C17H31N3OS2/c1-7-18-16(19-10-11-23(21)17(4,5)6)20-13(2)12-15-9-8-14(3)22-15/h8-9,13H,7,10-12H2,1-6H3,(H2,18,19,20). The molecule has 4 nitrogen and oxygen atoms in total. The van der Waals surface area contributed by atoms with E-state index >= 15 is 0 Å². The van der Waals surface area contributed by atoms with Crippen LogP contribution in [0, 0.1) is 6.92 Å². The summed E-state index contributed by atoms with van der Waals surface area (Å²) in [5.74, 6) is 1.40. The van der Waals surface area contributed by atoms with Crippen LogP contribution >= 0.6 is 11.3 Å². The molecule has 132 valence electrons. The molecule has 6 heteroatoms. The summed E-state index contributed by atoms with van der Waals surface area (Å²) in [6.45, 7) is 13.7. The van der Waals surface area contributed by atoms with E-state index in [1.165, 1.54) is 9.75 Å². The molecule has 1 aromatic heterocycles. The van der Waals surface area contributed by atoms with Crippen LogP contribution in [-0.4, -0.2) is 39.8 Å². The lowest BCUT2D eigenvalue weighted by molar-refractivity contribution is 0.643. The van der Waals surface area contributed by atoms with Crippen molar-refractivity contribution in [1.82, 2.24) is 10.6 Å². The molecule has 0 amide bonds. The predicted molar refractivity (Wildman–Crippen MR) is 104 cm³/mol. The summed E-state index contributed by atoms with van der Waals surface area (Å²) in [6.07, 6.45) is 0.983. The molecule has 0 aliphatic rings. The zero-order chi connectivity index (χ0) is 17.5. The van der Waals surface area contributed by atoms with Crippen molar-refractivity contribution < 1.29 is 4.21 Å². The average molecular weight is 358 g/mol. The summed E-state index contributed by atoms with van der Waals surface area (Å²) in [6, 6.07) is 4.65. The Morgan fingerprint density at radius 2 is 2.09 bits per heavy atom. The average Bonchev–Trinajstić information content (AvgIpc) is 2.82. The molecular weight excluding hydrogens is 326 g/mol. The molecule has 0 aliphatic carbocycles. The quantitative estimate of drug-likeness (QED) is 0.582.